The van der Waals surface area contributed by atoms with E-state index in [-0.39, 0.29) is 64.8 Å². The number of nitrogens with two attached hydrogens (primary N) is 6. The van der Waals surface area contributed by atoms with Crippen molar-refractivity contribution in [2.45, 2.75) is 71.2 Å². The first-order valence-corrected chi connectivity index (χ1v) is 44.4. The number of benzene rings is 6. The molecule has 74 heavy (non-hydrogen) atoms. The summed E-state index contributed by atoms with van der Waals surface area (Å²) in [6.45, 7) is 10.7. The van der Waals surface area contributed by atoms with E-state index in [2.05, 4.69) is 74.5 Å². The van der Waals surface area contributed by atoms with Gasteiger partial charge in [-0.25, -0.2) is 0 Å². The van der Waals surface area contributed by atoms with Crippen LogP contribution in [0.3, 0.4) is 0 Å². The Morgan fingerprint density at radius 2 is 0.662 bits per heavy atom. The fourth-order valence-corrected chi connectivity index (χ4v) is 4.97. The summed E-state index contributed by atoms with van der Waals surface area (Å²) in [5.74, 6) is 0. The van der Waals surface area contributed by atoms with E-state index in [1.165, 1.54) is 60.7 Å². The van der Waals surface area contributed by atoms with Crippen molar-refractivity contribution >= 4 is 155 Å². The number of nitro benzene ring substituents is 4. The summed E-state index contributed by atoms with van der Waals surface area (Å²) in [6.07, 6.45) is 0. The molecule has 0 aromatic heterocycles. The Morgan fingerprint density at radius 3 is 0.932 bits per heavy atom. The summed E-state index contributed by atoms with van der Waals surface area (Å²) in [5, 5.41) is 42.1. The maximum Gasteiger partial charge on any atom is -0.344 e. The standard InChI is InChI=1S/2C7H6ClNO2.2C7H8N2O2.2C7H10N2.4CH4.2I3.2H3N/c1-5-4-6(9(10)11)2-3-7(5)8;1-5-4-6(8)2-3-7(5)9(10)11;1-5-4-6(9(10)11)2-3-7(5)8;1-5-4-6(8)2-3-7(5)9(10)11;2*1-5-4-6(8)2-3-7(5)9;;;;;2*1-3-2;;/h2*2-4H,1H3;2*2-4H,8H2,1H3;2*2-4H,8-9H2,1H3;4*1H4;;;2*1H3/q;;;;;;;;;;2*-1;;. The summed E-state index contributed by atoms with van der Waals surface area (Å²) in [5.41, 5.74) is 42.2. The van der Waals surface area contributed by atoms with Crippen LogP contribution in [0.4, 0.5) is 56.9 Å². The third-order valence-electron chi connectivity index (χ3n) is 8.18. The maximum atomic E-state index is 10.3. The molecule has 0 atom stereocenters. The number of nitro groups is 4. The molecule has 0 radical (unpaired) electrons. The minimum absolute atomic E-state index is 0. The van der Waals surface area contributed by atoms with Crippen LogP contribution in [0.1, 0.15) is 63.1 Å². The van der Waals surface area contributed by atoms with Crippen LogP contribution in [-0.4, -0.2) is 19.7 Å². The van der Waals surface area contributed by atoms with Crippen LogP contribution in [0.5, 0.6) is 0 Å². The van der Waals surface area contributed by atoms with Crippen molar-refractivity contribution < 1.29 is 46.2 Å². The van der Waals surface area contributed by atoms with Gasteiger partial charge in [0.25, 0.3) is 22.7 Å². The molecule has 420 valence electrons. The van der Waals surface area contributed by atoms with Crippen LogP contribution in [0.25, 0.3) is 0 Å². The summed E-state index contributed by atoms with van der Waals surface area (Å²) in [6, 6.07) is 28.6. The first-order chi connectivity index (χ1) is 31.7. The Labute approximate surface area is 505 Å². The average molecular weight is 1750 g/mol. The number of rotatable bonds is 4. The Bertz CT molecular complexity index is 2420. The zero-order valence-electron chi connectivity index (χ0n) is 38.3. The van der Waals surface area contributed by atoms with Gasteiger partial charge in [0.1, 0.15) is 0 Å². The van der Waals surface area contributed by atoms with Crippen LogP contribution in [-0.2, 0) is 0 Å². The zero-order valence-corrected chi connectivity index (χ0v) is 52.8. The van der Waals surface area contributed by atoms with Gasteiger partial charge in [-0.05, 0) is 137 Å². The first-order valence-electron chi connectivity index (χ1n) is 18.5. The van der Waals surface area contributed by atoms with Crippen LogP contribution in [0.2, 0.25) is 10.0 Å². The van der Waals surface area contributed by atoms with Crippen LogP contribution >= 0.6 is 97.7 Å². The normalized spacial score (nSPS) is 8.59. The van der Waals surface area contributed by atoms with Crippen molar-refractivity contribution in [3.63, 3.8) is 0 Å². The smallest absolute Gasteiger partial charge is 0.344 e. The molecule has 0 fully saturated rings. The summed E-state index contributed by atoms with van der Waals surface area (Å²) in [4.78, 5) is 39.3. The second kappa shape index (κ2) is 48.0. The zero-order chi connectivity index (χ0) is 52.8. The largest absolute Gasteiger partial charge is 0.344 e. The summed E-state index contributed by atoms with van der Waals surface area (Å²) < 4.78 is 0. The number of nitrogens with zero attached hydrogens (tertiary/aromatic N) is 4. The van der Waals surface area contributed by atoms with Gasteiger partial charge in [-0.2, -0.15) is 0 Å². The van der Waals surface area contributed by atoms with Crippen LogP contribution < -0.4 is 73.2 Å². The third-order valence-corrected chi connectivity index (χ3v) is 8.84. The van der Waals surface area contributed by atoms with Gasteiger partial charge in [-0.15, -0.1) is 0 Å². The molecular weight excluding hydrogens is 1680 g/mol. The molecule has 6 rings (SSSR count). The van der Waals surface area contributed by atoms with Crippen molar-refractivity contribution in [2.75, 3.05) is 34.4 Å². The van der Waals surface area contributed by atoms with E-state index in [9.17, 15) is 40.5 Å². The average Bonchev–Trinajstić information content (AvgIpc) is 3.24. The van der Waals surface area contributed by atoms with E-state index in [1.807, 2.05) is 38.1 Å². The third kappa shape index (κ3) is 38.2. The SMILES string of the molecule is C.C.C.C.Cc1cc(Cl)ccc1[N+](=O)[O-].Cc1cc(N)ccc1N.Cc1cc(N)ccc1N.Cc1cc(N)ccc1[N+](=O)[O-].Cc1cc([N+](=O)[O-])ccc1Cl.Cc1cc([N+](=O)[O-])ccc1N.I[I-]I.I[I-]I.N.N. The molecule has 6 aromatic rings. The molecular formula is C46H70Cl2I6N12O8-2. The monoisotopic (exact) mass is 1750 g/mol. The molecule has 0 aliphatic carbocycles. The van der Waals surface area contributed by atoms with Gasteiger partial charge in [-0.1, -0.05) is 52.9 Å². The van der Waals surface area contributed by atoms with Crippen LogP contribution in [0, 0.1) is 82.0 Å². The first kappa shape index (κ1) is 87.3. The molecule has 0 saturated carbocycles. The van der Waals surface area contributed by atoms with E-state index >= 15 is 0 Å². The van der Waals surface area contributed by atoms with Crippen LogP contribution in [0.15, 0.2) is 109 Å². The molecule has 0 aliphatic heterocycles. The summed E-state index contributed by atoms with van der Waals surface area (Å²) in [7, 11) is 0. The molecule has 0 bridgehead atoms. The topological polar surface area (TPSA) is 399 Å². The second-order valence-electron chi connectivity index (χ2n) is 13.3. The molecule has 18 N–H and O–H groups in total. The molecule has 28 heteroatoms. The fraction of sp³-hybridized carbons (Fsp3) is 0.217. The second-order valence-corrected chi connectivity index (χ2v) is 46.7. The molecule has 0 saturated heterocycles. The Balaban J connectivity index is -0.000000113. The number of non-ortho nitro benzene ring substituents is 2. The van der Waals surface area contributed by atoms with Gasteiger partial charge in [0, 0.05) is 91.7 Å². The molecule has 6 aromatic carbocycles. The number of hydrogen-bond acceptors (Lipinski definition) is 16. The van der Waals surface area contributed by atoms with Gasteiger partial charge >= 0.3 is 101 Å². The van der Waals surface area contributed by atoms with Gasteiger partial charge in [-0.3, -0.25) is 40.5 Å². The minimum Gasteiger partial charge on any atom is -0.344 e. The predicted octanol–water partition coefficient (Wildman–Crippen LogP) is 10.8. The van der Waals surface area contributed by atoms with Gasteiger partial charge in [0.05, 0.1) is 19.7 Å². The molecule has 0 heterocycles. The van der Waals surface area contributed by atoms with E-state index < -0.39 is 19.7 Å². The van der Waals surface area contributed by atoms with Crippen molar-refractivity contribution in [1.29, 1.82) is 0 Å². The molecule has 0 amide bonds. The maximum absolute atomic E-state index is 10.3. The number of hydrogen-bond donors (Lipinski definition) is 8. The van der Waals surface area contributed by atoms with Crippen molar-refractivity contribution in [1.82, 2.24) is 12.3 Å². The van der Waals surface area contributed by atoms with Crippen molar-refractivity contribution in [3.05, 3.63) is 193 Å². The summed E-state index contributed by atoms with van der Waals surface area (Å²) >= 11 is 21.9. The quantitative estimate of drug-likeness (QED) is 0.0352. The van der Waals surface area contributed by atoms with Crippen molar-refractivity contribution in [2.24, 2.45) is 0 Å². The van der Waals surface area contributed by atoms with Crippen molar-refractivity contribution in [3.8, 4) is 0 Å². The Kier molecular flexibility index (Phi) is 56.6. The Hall–Kier alpha value is -3.40. The van der Waals surface area contributed by atoms with E-state index in [0.717, 1.165) is 45.0 Å². The van der Waals surface area contributed by atoms with Gasteiger partial charge in [0.2, 0.25) is 0 Å². The van der Waals surface area contributed by atoms with Gasteiger partial charge < -0.3 is 46.7 Å². The molecule has 0 unspecified atom stereocenters. The number of anilines is 6. The van der Waals surface area contributed by atoms with E-state index in [0.29, 0.717) is 59.1 Å². The van der Waals surface area contributed by atoms with E-state index in [4.69, 9.17) is 57.6 Å². The van der Waals surface area contributed by atoms with Gasteiger partial charge in [0.15, 0.2) is 0 Å². The Morgan fingerprint density at radius 1 is 0.392 bits per heavy atom. The number of halogens is 8. The molecule has 0 aliphatic rings. The van der Waals surface area contributed by atoms with E-state index in [1.54, 1.807) is 52.0 Å². The fourth-order valence-electron chi connectivity index (χ4n) is 4.62. The predicted molar refractivity (Wildman–Crippen MR) is 343 cm³/mol. The molecule has 0 spiro atoms. The molecule has 20 nitrogen and oxygen atoms in total. The number of aryl methyl sites for hydroxylation is 6. The minimum atomic E-state index is -0.441. The number of nitrogen functional groups attached to an aromatic ring is 6.